The number of aromatic nitrogens is 1. The molecule has 2 rings (SSSR count). The minimum Gasteiger partial charge on any atom is -0.478 e. The van der Waals surface area contributed by atoms with Crippen molar-refractivity contribution in [2.24, 2.45) is 0 Å². The zero-order valence-electron chi connectivity index (χ0n) is 8.93. The van der Waals surface area contributed by atoms with Crippen LogP contribution in [0.4, 0.5) is 0 Å². The molecule has 2 N–H and O–H groups in total. The van der Waals surface area contributed by atoms with Crippen LogP contribution in [-0.2, 0) is 6.54 Å². The van der Waals surface area contributed by atoms with Gasteiger partial charge in [0.25, 0.3) is 0 Å². The third-order valence-corrected chi connectivity index (χ3v) is 3.09. The van der Waals surface area contributed by atoms with Crippen molar-refractivity contribution in [2.75, 3.05) is 5.43 Å². The van der Waals surface area contributed by atoms with E-state index < -0.39 is 5.97 Å². The normalized spacial score (nSPS) is 10.2. The molecule has 1 aromatic heterocycles. The van der Waals surface area contributed by atoms with Crippen LogP contribution in [0.15, 0.2) is 47.2 Å². The van der Waals surface area contributed by atoms with Gasteiger partial charge in [0.05, 0.1) is 12.1 Å². The lowest BCUT2D eigenvalue weighted by Crippen LogP contribution is -2.12. The second-order valence-electron chi connectivity index (χ2n) is 3.54. The summed E-state index contributed by atoms with van der Waals surface area (Å²) in [4.78, 5) is 10.8. The summed E-state index contributed by atoms with van der Waals surface area (Å²) in [6, 6.07) is 8.85. The molecule has 0 atom stereocenters. The van der Waals surface area contributed by atoms with Gasteiger partial charge in [-0.2, -0.15) is 0 Å². The number of aromatic carboxylic acids is 1. The number of halogens is 1. The van der Waals surface area contributed by atoms with Crippen molar-refractivity contribution < 1.29 is 9.90 Å². The molecule has 0 fully saturated rings. The number of hydrogen-bond donors (Lipinski definition) is 2. The van der Waals surface area contributed by atoms with Gasteiger partial charge in [0, 0.05) is 16.9 Å². The average Bonchev–Trinajstić information content (AvgIpc) is 2.80. The van der Waals surface area contributed by atoms with E-state index in [1.165, 1.54) is 0 Å². The Morgan fingerprint density at radius 3 is 2.65 bits per heavy atom. The molecule has 0 aliphatic carbocycles. The van der Waals surface area contributed by atoms with Gasteiger partial charge in [-0.05, 0) is 29.8 Å². The Hall–Kier alpha value is -1.75. The van der Waals surface area contributed by atoms with Gasteiger partial charge in [0.2, 0.25) is 0 Å². The zero-order chi connectivity index (χ0) is 12.3. The smallest absolute Gasteiger partial charge is 0.335 e. The second kappa shape index (κ2) is 5.05. The van der Waals surface area contributed by atoms with Gasteiger partial charge < -0.3 is 10.5 Å². The summed E-state index contributed by atoms with van der Waals surface area (Å²) in [7, 11) is 0. The first kappa shape index (κ1) is 11.7. The molecule has 17 heavy (non-hydrogen) atoms. The molecule has 0 saturated carbocycles. The van der Waals surface area contributed by atoms with Crippen LogP contribution in [0.1, 0.15) is 15.9 Å². The molecule has 0 radical (unpaired) electrons. The molecule has 0 aliphatic heterocycles. The maximum atomic E-state index is 10.8. The summed E-state index contributed by atoms with van der Waals surface area (Å²) < 4.78 is 2.63. The SMILES string of the molecule is O=C(O)c1ccc(CNn2cccc2)c(Br)c1. The summed E-state index contributed by atoms with van der Waals surface area (Å²) in [6.07, 6.45) is 3.80. The van der Waals surface area contributed by atoms with Crippen molar-refractivity contribution in [1.82, 2.24) is 4.68 Å². The van der Waals surface area contributed by atoms with Gasteiger partial charge in [0.1, 0.15) is 0 Å². The van der Waals surface area contributed by atoms with E-state index in [1.54, 1.807) is 18.2 Å². The summed E-state index contributed by atoms with van der Waals surface area (Å²) in [5.41, 5.74) is 4.45. The van der Waals surface area contributed by atoms with E-state index >= 15 is 0 Å². The summed E-state index contributed by atoms with van der Waals surface area (Å²) in [5, 5.41) is 8.84. The Morgan fingerprint density at radius 2 is 2.06 bits per heavy atom. The topological polar surface area (TPSA) is 54.3 Å². The number of carboxylic acids is 1. The number of hydrogen-bond acceptors (Lipinski definition) is 2. The van der Waals surface area contributed by atoms with Gasteiger partial charge >= 0.3 is 5.97 Å². The Labute approximate surface area is 107 Å². The molecule has 5 heteroatoms. The highest BCUT2D eigenvalue weighted by Gasteiger charge is 2.06. The first-order valence-corrected chi connectivity index (χ1v) is 5.84. The largest absolute Gasteiger partial charge is 0.478 e. The fourth-order valence-corrected chi connectivity index (χ4v) is 1.96. The lowest BCUT2D eigenvalue weighted by Gasteiger charge is -2.09. The highest BCUT2D eigenvalue weighted by molar-refractivity contribution is 9.10. The fraction of sp³-hybridized carbons (Fsp3) is 0.0833. The van der Waals surface area contributed by atoms with Crippen molar-refractivity contribution in [3.63, 3.8) is 0 Å². The van der Waals surface area contributed by atoms with E-state index in [0.717, 1.165) is 10.0 Å². The Bertz CT molecular complexity index is 523. The van der Waals surface area contributed by atoms with Crippen molar-refractivity contribution in [1.29, 1.82) is 0 Å². The zero-order valence-corrected chi connectivity index (χ0v) is 10.5. The highest BCUT2D eigenvalue weighted by Crippen LogP contribution is 2.18. The first-order valence-electron chi connectivity index (χ1n) is 5.05. The van der Waals surface area contributed by atoms with Crippen LogP contribution in [0.5, 0.6) is 0 Å². The van der Waals surface area contributed by atoms with Gasteiger partial charge in [-0.15, -0.1) is 0 Å². The Morgan fingerprint density at radius 1 is 1.35 bits per heavy atom. The van der Waals surface area contributed by atoms with E-state index in [-0.39, 0.29) is 5.56 Å². The summed E-state index contributed by atoms with van der Waals surface area (Å²) in [6.45, 7) is 0.620. The van der Waals surface area contributed by atoms with E-state index in [9.17, 15) is 4.79 Å². The molecule has 0 amide bonds. The number of nitrogens with one attached hydrogen (secondary N) is 1. The van der Waals surface area contributed by atoms with Gasteiger partial charge in [-0.1, -0.05) is 22.0 Å². The predicted molar refractivity (Wildman–Crippen MR) is 68.6 cm³/mol. The van der Waals surface area contributed by atoms with Crippen molar-refractivity contribution in [2.45, 2.75) is 6.54 Å². The van der Waals surface area contributed by atoms with Gasteiger partial charge in [-0.25, -0.2) is 4.79 Å². The second-order valence-corrected chi connectivity index (χ2v) is 4.39. The number of nitrogens with zero attached hydrogens (tertiary/aromatic N) is 1. The highest BCUT2D eigenvalue weighted by atomic mass is 79.9. The minimum atomic E-state index is -0.921. The Balaban J connectivity index is 2.09. The Kier molecular flexibility index (Phi) is 3.49. The number of benzene rings is 1. The number of rotatable bonds is 4. The number of carbonyl (C=O) groups is 1. The molecule has 1 heterocycles. The summed E-state index contributed by atoms with van der Waals surface area (Å²) >= 11 is 3.37. The van der Waals surface area contributed by atoms with Crippen LogP contribution in [0, 0.1) is 0 Å². The molecule has 0 spiro atoms. The lowest BCUT2D eigenvalue weighted by atomic mass is 10.1. The molecule has 0 bridgehead atoms. The van der Waals surface area contributed by atoms with Crippen LogP contribution < -0.4 is 5.43 Å². The molecule has 88 valence electrons. The molecule has 1 aromatic carbocycles. The van der Waals surface area contributed by atoms with Gasteiger partial charge in [-0.3, -0.25) is 4.68 Å². The van der Waals surface area contributed by atoms with Crippen LogP contribution in [0.25, 0.3) is 0 Å². The molecular formula is C12H11BrN2O2. The molecule has 0 aliphatic rings. The first-order chi connectivity index (χ1) is 8.16. The predicted octanol–water partition coefficient (Wildman–Crippen LogP) is 2.69. The average molecular weight is 295 g/mol. The van der Waals surface area contributed by atoms with Crippen molar-refractivity contribution in [3.8, 4) is 0 Å². The molecule has 0 unspecified atom stereocenters. The maximum absolute atomic E-state index is 10.8. The van der Waals surface area contributed by atoms with E-state index in [4.69, 9.17) is 5.11 Å². The van der Waals surface area contributed by atoms with Crippen molar-refractivity contribution >= 4 is 21.9 Å². The van der Waals surface area contributed by atoms with Crippen LogP contribution >= 0.6 is 15.9 Å². The van der Waals surface area contributed by atoms with Crippen LogP contribution in [-0.4, -0.2) is 15.8 Å². The van der Waals surface area contributed by atoms with E-state index in [0.29, 0.717) is 6.54 Å². The lowest BCUT2D eigenvalue weighted by molar-refractivity contribution is 0.0697. The standard InChI is InChI=1S/C12H11BrN2O2/c13-11-7-9(12(16)17)3-4-10(11)8-14-15-5-1-2-6-15/h1-7,14H,8H2,(H,16,17). The van der Waals surface area contributed by atoms with E-state index in [1.807, 2.05) is 29.2 Å². The van der Waals surface area contributed by atoms with Crippen LogP contribution in [0.2, 0.25) is 0 Å². The minimum absolute atomic E-state index is 0.279. The third-order valence-electron chi connectivity index (χ3n) is 2.36. The number of carboxylic acid groups (broad SMARTS) is 1. The van der Waals surface area contributed by atoms with Gasteiger partial charge in [0.15, 0.2) is 0 Å². The fourth-order valence-electron chi connectivity index (χ4n) is 1.44. The molecular weight excluding hydrogens is 284 g/mol. The van der Waals surface area contributed by atoms with Crippen molar-refractivity contribution in [3.05, 3.63) is 58.3 Å². The molecule has 0 saturated heterocycles. The molecule has 4 nitrogen and oxygen atoms in total. The van der Waals surface area contributed by atoms with E-state index in [2.05, 4.69) is 21.4 Å². The van der Waals surface area contributed by atoms with Crippen LogP contribution in [0.3, 0.4) is 0 Å². The third kappa shape index (κ3) is 2.88. The summed E-state index contributed by atoms with van der Waals surface area (Å²) in [5.74, 6) is -0.921. The molecule has 2 aromatic rings. The monoisotopic (exact) mass is 294 g/mol. The quantitative estimate of drug-likeness (QED) is 0.912. The maximum Gasteiger partial charge on any atom is 0.335 e.